The average Bonchev–Trinajstić information content (AvgIpc) is 2.98. The summed E-state index contributed by atoms with van der Waals surface area (Å²) in [5.41, 5.74) is 1.49. The lowest BCUT2D eigenvalue weighted by Gasteiger charge is -2.01. The van der Waals surface area contributed by atoms with Gasteiger partial charge < -0.3 is 5.32 Å². The van der Waals surface area contributed by atoms with Crippen molar-refractivity contribution >= 4 is 34.0 Å². The molecular weight excluding hydrogens is 337 g/mol. The Hall–Kier alpha value is -2.31. The van der Waals surface area contributed by atoms with Crippen LogP contribution in [0.2, 0.25) is 5.02 Å². The Morgan fingerprint density at radius 2 is 1.87 bits per heavy atom. The first-order valence-electron chi connectivity index (χ1n) is 6.74. The maximum absolute atomic E-state index is 12.8. The third-order valence-corrected chi connectivity index (χ3v) is 4.26. The second-order valence-electron chi connectivity index (χ2n) is 4.74. The van der Waals surface area contributed by atoms with E-state index in [1.807, 2.05) is 18.2 Å². The molecule has 7 heteroatoms. The van der Waals surface area contributed by atoms with Crippen molar-refractivity contribution in [2.75, 3.05) is 5.32 Å². The zero-order chi connectivity index (χ0) is 16.2. The summed E-state index contributed by atoms with van der Waals surface area (Å²) in [5.74, 6) is -0.568. The summed E-state index contributed by atoms with van der Waals surface area (Å²) in [7, 11) is 0. The molecule has 1 heterocycles. The lowest BCUT2D eigenvalue weighted by Crippen LogP contribution is -2.14. The summed E-state index contributed by atoms with van der Waals surface area (Å²) in [4.78, 5) is 12.0. The molecule has 116 valence electrons. The standard InChI is InChI=1S/C16H11ClFN3OS/c17-13-4-2-1-3-12(13)15-20-21-16(23-15)19-14(22)9-10-5-7-11(18)8-6-10/h1-8H,9H2,(H,19,21,22). The van der Waals surface area contributed by atoms with E-state index in [0.717, 1.165) is 11.1 Å². The van der Waals surface area contributed by atoms with Crippen LogP contribution >= 0.6 is 22.9 Å². The van der Waals surface area contributed by atoms with Crippen molar-refractivity contribution in [3.63, 3.8) is 0 Å². The van der Waals surface area contributed by atoms with Gasteiger partial charge in [-0.15, -0.1) is 10.2 Å². The number of nitrogens with one attached hydrogen (secondary N) is 1. The normalized spacial score (nSPS) is 10.5. The minimum absolute atomic E-state index is 0.140. The molecule has 3 aromatic rings. The monoisotopic (exact) mass is 347 g/mol. The van der Waals surface area contributed by atoms with Crippen LogP contribution in [0.15, 0.2) is 48.5 Å². The molecule has 0 aliphatic rings. The topological polar surface area (TPSA) is 54.9 Å². The van der Waals surface area contributed by atoms with Crippen molar-refractivity contribution in [3.8, 4) is 10.6 Å². The number of hydrogen-bond donors (Lipinski definition) is 1. The minimum atomic E-state index is -0.331. The minimum Gasteiger partial charge on any atom is -0.300 e. The molecule has 0 saturated carbocycles. The summed E-state index contributed by atoms with van der Waals surface area (Å²) in [6.07, 6.45) is 0.140. The number of anilines is 1. The highest BCUT2D eigenvalue weighted by Crippen LogP contribution is 2.31. The fourth-order valence-electron chi connectivity index (χ4n) is 1.97. The van der Waals surface area contributed by atoms with Gasteiger partial charge in [-0.25, -0.2) is 4.39 Å². The summed E-state index contributed by atoms with van der Waals surface area (Å²) in [6, 6.07) is 13.1. The van der Waals surface area contributed by atoms with Crippen molar-refractivity contribution in [2.24, 2.45) is 0 Å². The molecule has 0 bridgehead atoms. The predicted octanol–water partition coefficient (Wildman–Crippen LogP) is 4.18. The van der Waals surface area contributed by atoms with Gasteiger partial charge >= 0.3 is 0 Å². The van der Waals surface area contributed by atoms with Crippen molar-refractivity contribution in [1.82, 2.24) is 10.2 Å². The van der Waals surface area contributed by atoms with E-state index in [1.54, 1.807) is 18.2 Å². The molecule has 1 amide bonds. The quantitative estimate of drug-likeness (QED) is 0.770. The van der Waals surface area contributed by atoms with Crippen molar-refractivity contribution in [3.05, 3.63) is 64.9 Å². The number of halogens is 2. The largest absolute Gasteiger partial charge is 0.300 e. The van der Waals surface area contributed by atoms with Crippen molar-refractivity contribution in [1.29, 1.82) is 0 Å². The van der Waals surface area contributed by atoms with Crippen LogP contribution in [0.25, 0.3) is 10.6 Å². The smallest absolute Gasteiger partial charge is 0.230 e. The zero-order valence-electron chi connectivity index (χ0n) is 11.8. The Kier molecular flexibility index (Phi) is 4.64. The molecule has 0 aliphatic heterocycles. The molecule has 1 N–H and O–H groups in total. The van der Waals surface area contributed by atoms with Crippen LogP contribution in [0.5, 0.6) is 0 Å². The number of nitrogens with zero attached hydrogens (tertiary/aromatic N) is 2. The van der Waals surface area contributed by atoms with Crippen molar-refractivity contribution < 1.29 is 9.18 Å². The molecule has 0 radical (unpaired) electrons. The van der Waals surface area contributed by atoms with Gasteiger partial charge in [0.15, 0.2) is 5.01 Å². The number of aromatic nitrogens is 2. The highest BCUT2D eigenvalue weighted by atomic mass is 35.5. The maximum atomic E-state index is 12.8. The third-order valence-electron chi connectivity index (χ3n) is 3.05. The van der Waals surface area contributed by atoms with Gasteiger partial charge in [0.2, 0.25) is 11.0 Å². The Bertz CT molecular complexity index is 835. The molecule has 0 fully saturated rings. The van der Waals surface area contributed by atoms with Crippen LogP contribution in [-0.2, 0) is 11.2 Å². The Labute approximate surface area is 141 Å². The van der Waals surface area contributed by atoms with E-state index in [1.165, 1.54) is 23.5 Å². The molecule has 0 unspecified atom stereocenters. The van der Waals surface area contributed by atoms with Crippen LogP contribution in [-0.4, -0.2) is 16.1 Å². The molecule has 0 spiro atoms. The Morgan fingerprint density at radius 3 is 2.61 bits per heavy atom. The van der Waals surface area contributed by atoms with Gasteiger partial charge in [-0.2, -0.15) is 0 Å². The van der Waals surface area contributed by atoms with Crippen molar-refractivity contribution in [2.45, 2.75) is 6.42 Å². The number of rotatable bonds is 4. The highest BCUT2D eigenvalue weighted by molar-refractivity contribution is 7.18. The summed E-state index contributed by atoms with van der Waals surface area (Å²) in [5, 5.41) is 12.3. The van der Waals surface area contributed by atoms with Gasteiger partial charge in [-0.3, -0.25) is 4.79 Å². The third kappa shape index (κ3) is 3.91. The molecule has 4 nitrogen and oxygen atoms in total. The maximum Gasteiger partial charge on any atom is 0.230 e. The zero-order valence-corrected chi connectivity index (χ0v) is 13.4. The lowest BCUT2D eigenvalue weighted by atomic mass is 10.1. The van der Waals surface area contributed by atoms with Gasteiger partial charge in [0.05, 0.1) is 11.4 Å². The average molecular weight is 348 g/mol. The summed E-state index contributed by atoms with van der Waals surface area (Å²) >= 11 is 7.36. The highest BCUT2D eigenvalue weighted by Gasteiger charge is 2.12. The van der Waals surface area contributed by atoms with E-state index in [0.29, 0.717) is 15.2 Å². The van der Waals surface area contributed by atoms with Gasteiger partial charge in [0, 0.05) is 5.56 Å². The van der Waals surface area contributed by atoms with E-state index in [-0.39, 0.29) is 18.1 Å². The SMILES string of the molecule is O=C(Cc1ccc(F)cc1)Nc1nnc(-c2ccccc2Cl)s1. The van der Waals surface area contributed by atoms with Gasteiger partial charge in [-0.05, 0) is 23.8 Å². The molecule has 23 heavy (non-hydrogen) atoms. The molecular formula is C16H11ClFN3OS. The first-order valence-corrected chi connectivity index (χ1v) is 7.94. The molecule has 1 aromatic heterocycles. The van der Waals surface area contributed by atoms with E-state index >= 15 is 0 Å². The fraction of sp³-hybridized carbons (Fsp3) is 0.0625. The van der Waals surface area contributed by atoms with E-state index < -0.39 is 0 Å². The first kappa shape index (κ1) is 15.6. The van der Waals surface area contributed by atoms with Crippen LogP contribution in [0.3, 0.4) is 0 Å². The van der Waals surface area contributed by atoms with E-state index in [9.17, 15) is 9.18 Å². The molecule has 0 saturated heterocycles. The predicted molar refractivity (Wildman–Crippen MR) is 89.1 cm³/mol. The van der Waals surface area contributed by atoms with Gasteiger partial charge in [0.1, 0.15) is 5.82 Å². The molecule has 0 atom stereocenters. The van der Waals surface area contributed by atoms with Crippen LogP contribution < -0.4 is 5.32 Å². The van der Waals surface area contributed by atoms with Crippen LogP contribution in [0.4, 0.5) is 9.52 Å². The number of carbonyl (C=O) groups excluding carboxylic acids is 1. The Balaban J connectivity index is 1.68. The molecule has 0 aliphatic carbocycles. The Morgan fingerprint density at radius 1 is 1.13 bits per heavy atom. The second kappa shape index (κ2) is 6.85. The van der Waals surface area contributed by atoms with Gasteiger partial charge in [0.25, 0.3) is 0 Å². The molecule has 3 rings (SSSR count). The number of carbonyl (C=O) groups is 1. The van der Waals surface area contributed by atoms with E-state index in [4.69, 9.17) is 11.6 Å². The summed E-state index contributed by atoms with van der Waals surface area (Å²) in [6.45, 7) is 0. The van der Waals surface area contributed by atoms with Crippen LogP contribution in [0, 0.1) is 5.82 Å². The number of benzene rings is 2. The van der Waals surface area contributed by atoms with E-state index in [2.05, 4.69) is 15.5 Å². The van der Waals surface area contributed by atoms with Crippen LogP contribution in [0.1, 0.15) is 5.56 Å². The first-order chi connectivity index (χ1) is 11.1. The fourth-order valence-corrected chi connectivity index (χ4v) is 3.05. The number of amides is 1. The molecule has 2 aromatic carbocycles. The second-order valence-corrected chi connectivity index (χ2v) is 6.13. The number of hydrogen-bond acceptors (Lipinski definition) is 4. The van der Waals surface area contributed by atoms with Gasteiger partial charge in [-0.1, -0.05) is 53.3 Å². The lowest BCUT2D eigenvalue weighted by molar-refractivity contribution is -0.115. The summed E-state index contributed by atoms with van der Waals surface area (Å²) < 4.78 is 12.8.